The largest absolute Gasteiger partial charge is 0.493 e. The third-order valence-corrected chi connectivity index (χ3v) is 5.76. The van der Waals surface area contributed by atoms with Crippen molar-refractivity contribution < 1.29 is 5.11 Å². The smallest absolute Gasteiger partial charge is 0.326 e. The number of hydrogen-bond donors (Lipinski definition) is 4. The first-order valence-electron chi connectivity index (χ1n) is 11.2. The van der Waals surface area contributed by atoms with Gasteiger partial charge in [-0.3, -0.25) is 4.98 Å². The van der Waals surface area contributed by atoms with Crippen molar-refractivity contribution in [3.63, 3.8) is 0 Å². The molecule has 0 radical (unpaired) electrons. The van der Waals surface area contributed by atoms with E-state index in [2.05, 4.69) is 30.5 Å². The Morgan fingerprint density at radius 2 is 2.06 bits per heavy atom. The summed E-state index contributed by atoms with van der Waals surface area (Å²) in [5, 5.41) is 22.7. The molecule has 4 N–H and O–H groups in total. The molecule has 1 atom stereocenters. The number of imidazole rings is 1. The first-order valence-corrected chi connectivity index (χ1v) is 11.2. The lowest BCUT2D eigenvalue weighted by molar-refractivity contribution is 0.454. The van der Waals surface area contributed by atoms with Gasteiger partial charge in [-0.15, -0.1) is 0 Å². The fourth-order valence-electron chi connectivity index (χ4n) is 3.89. The standard InChI is InChI=1S/C23H22N10O2/c1-13(16-5-2-3-6-18(16)32-10-4-9-24-32)26-21-29-19-14(11-17-20(34)30-23(35)28-17)12-25-33(19)22(31-21)27-15-7-8-15/h2-6,9-13,15,34H,7-8H2,1H3,(H,26,27,31)(H2,28,30,35)/b14-11+. The first-order chi connectivity index (χ1) is 17.0. The fraction of sp³-hybridized carbons (Fsp3) is 0.217. The van der Waals surface area contributed by atoms with Gasteiger partial charge in [0.2, 0.25) is 11.8 Å². The van der Waals surface area contributed by atoms with E-state index in [0.29, 0.717) is 22.4 Å². The summed E-state index contributed by atoms with van der Waals surface area (Å²) in [6.45, 7) is 2.03. The van der Waals surface area contributed by atoms with E-state index in [1.54, 1.807) is 23.0 Å². The molecular weight excluding hydrogens is 448 g/mol. The molecule has 1 fully saturated rings. The molecule has 35 heavy (non-hydrogen) atoms. The number of aromatic nitrogens is 8. The number of rotatable bonds is 6. The van der Waals surface area contributed by atoms with Gasteiger partial charge < -0.3 is 15.4 Å². The topological polar surface area (TPSA) is 154 Å². The number of fused-ring (bicyclic) bond motifs is 1. The van der Waals surface area contributed by atoms with Crippen LogP contribution in [0.5, 0.6) is 5.88 Å². The maximum absolute atomic E-state index is 11.5. The van der Waals surface area contributed by atoms with Crippen LogP contribution in [0.3, 0.4) is 0 Å². The second-order valence-electron chi connectivity index (χ2n) is 8.40. The number of aromatic amines is 2. The number of benzene rings is 1. The number of para-hydroxylation sites is 1. The number of H-pyrrole nitrogens is 2. The number of hydrogen-bond acceptors (Lipinski definition) is 8. The molecule has 0 saturated heterocycles. The Balaban J connectivity index is 1.44. The summed E-state index contributed by atoms with van der Waals surface area (Å²) in [4.78, 5) is 30.4. The SMILES string of the molecule is CC(Nc1nc(=NC2CC2)n2nc/c(=C\c3[nH]c(=O)[nH]c3O)c2n1)c1ccccc1-n1cccn1. The first kappa shape index (κ1) is 20.8. The van der Waals surface area contributed by atoms with Gasteiger partial charge in [0.15, 0.2) is 5.65 Å². The minimum atomic E-state index is -0.503. The van der Waals surface area contributed by atoms with Crippen molar-refractivity contribution in [1.29, 1.82) is 0 Å². The molecule has 12 heteroatoms. The summed E-state index contributed by atoms with van der Waals surface area (Å²) in [5.74, 6) is 0.134. The van der Waals surface area contributed by atoms with E-state index in [9.17, 15) is 9.90 Å². The highest BCUT2D eigenvalue weighted by molar-refractivity contribution is 5.57. The predicted molar refractivity (Wildman–Crippen MR) is 127 cm³/mol. The normalized spacial score (nSPS) is 15.7. The van der Waals surface area contributed by atoms with Gasteiger partial charge in [0, 0.05) is 17.6 Å². The molecular formula is C23H22N10O2. The summed E-state index contributed by atoms with van der Waals surface area (Å²) < 4.78 is 3.39. The average molecular weight is 470 g/mol. The molecule has 0 amide bonds. The molecule has 176 valence electrons. The van der Waals surface area contributed by atoms with Crippen LogP contribution in [0.1, 0.15) is 37.1 Å². The van der Waals surface area contributed by atoms with E-state index < -0.39 is 5.69 Å². The molecule has 4 aromatic heterocycles. The zero-order chi connectivity index (χ0) is 23.9. The highest BCUT2D eigenvalue weighted by atomic mass is 16.3. The van der Waals surface area contributed by atoms with Crippen LogP contribution in [-0.4, -0.2) is 50.5 Å². The Labute approximate surface area is 197 Å². The molecule has 5 aromatic rings. The zero-order valence-electron chi connectivity index (χ0n) is 18.8. The van der Waals surface area contributed by atoms with E-state index in [1.165, 1.54) is 0 Å². The van der Waals surface area contributed by atoms with E-state index in [-0.39, 0.29) is 23.7 Å². The Morgan fingerprint density at radius 3 is 2.80 bits per heavy atom. The Kier molecular flexibility index (Phi) is 4.90. The zero-order valence-corrected chi connectivity index (χ0v) is 18.8. The molecule has 0 spiro atoms. The van der Waals surface area contributed by atoms with Crippen LogP contribution in [-0.2, 0) is 0 Å². The molecule has 1 saturated carbocycles. The number of anilines is 1. The monoisotopic (exact) mass is 470 g/mol. The van der Waals surface area contributed by atoms with Crippen LogP contribution in [0.15, 0.2) is 58.7 Å². The van der Waals surface area contributed by atoms with E-state index >= 15 is 0 Å². The summed E-state index contributed by atoms with van der Waals surface area (Å²) in [7, 11) is 0. The lowest BCUT2D eigenvalue weighted by Gasteiger charge is -2.18. The molecule has 0 bridgehead atoms. The van der Waals surface area contributed by atoms with E-state index in [1.807, 2.05) is 48.1 Å². The third-order valence-electron chi connectivity index (χ3n) is 5.76. The summed E-state index contributed by atoms with van der Waals surface area (Å²) in [6.07, 6.45) is 8.87. The van der Waals surface area contributed by atoms with Crippen LogP contribution >= 0.6 is 0 Å². The van der Waals surface area contributed by atoms with Crippen LogP contribution in [0.4, 0.5) is 5.95 Å². The van der Waals surface area contributed by atoms with Gasteiger partial charge >= 0.3 is 5.69 Å². The minimum Gasteiger partial charge on any atom is -0.493 e. The second kappa shape index (κ2) is 8.24. The second-order valence-corrected chi connectivity index (χ2v) is 8.40. The van der Waals surface area contributed by atoms with Crippen molar-refractivity contribution >= 4 is 17.7 Å². The Hall–Kier alpha value is -4.74. The Morgan fingerprint density at radius 1 is 1.20 bits per heavy atom. The van der Waals surface area contributed by atoms with Gasteiger partial charge in [-0.2, -0.15) is 24.7 Å². The molecule has 0 aliphatic heterocycles. The lowest BCUT2D eigenvalue weighted by atomic mass is 10.1. The quantitative estimate of drug-likeness (QED) is 0.286. The van der Waals surface area contributed by atoms with Crippen LogP contribution < -0.4 is 21.8 Å². The van der Waals surface area contributed by atoms with Gasteiger partial charge in [0.25, 0.3) is 5.62 Å². The summed E-state index contributed by atoms with van der Waals surface area (Å²) in [5.41, 5.74) is 2.65. The van der Waals surface area contributed by atoms with Crippen LogP contribution in [0.25, 0.3) is 17.4 Å². The van der Waals surface area contributed by atoms with Crippen LogP contribution in [0.2, 0.25) is 0 Å². The average Bonchev–Trinajstić information content (AvgIpc) is 3.20. The summed E-state index contributed by atoms with van der Waals surface area (Å²) in [6, 6.07) is 9.94. The van der Waals surface area contributed by atoms with Crippen molar-refractivity contribution in [3.05, 3.63) is 81.5 Å². The maximum atomic E-state index is 11.5. The minimum absolute atomic E-state index is 0.146. The van der Waals surface area contributed by atoms with Crippen molar-refractivity contribution in [3.8, 4) is 11.6 Å². The van der Waals surface area contributed by atoms with Gasteiger partial charge in [0.05, 0.1) is 24.0 Å². The predicted octanol–water partition coefficient (Wildman–Crippen LogP) is 0.816. The molecule has 6 rings (SSSR count). The highest BCUT2D eigenvalue weighted by Gasteiger charge is 2.21. The lowest BCUT2D eigenvalue weighted by Crippen LogP contribution is -2.25. The number of nitrogens with zero attached hydrogens (tertiary/aromatic N) is 7. The van der Waals surface area contributed by atoms with Crippen LogP contribution in [0, 0.1) is 0 Å². The van der Waals surface area contributed by atoms with Gasteiger partial charge in [-0.05, 0) is 43.5 Å². The van der Waals surface area contributed by atoms with Gasteiger partial charge in [-0.1, -0.05) is 18.2 Å². The summed E-state index contributed by atoms with van der Waals surface area (Å²) >= 11 is 0. The molecule has 1 unspecified atom stereocenters. The highest BCUT2D eigenvalue weighted by Crippen LogP contribution is 2.24. The van der Waals surface area contributed by atoms with Crippen molar-refractivity contribution in [1.82, 2.24) is 39.3 Å². The molecule has 4 heterocycles. The Bertz CT molecular complexity index is 1690. The van der Waals surface area contributed by atoms with E-state index in [0.717, 1.165) is 24.1 Å². The van der Waals surface area contributed by atoms with Crippen molar-refractivity contribution in [2.45, 2.75) is 31.8 Å². The molecule has 1 aromatic carbocycles. The molecule has 1 aliphatic carbocycles. The van der Waals surface area contributed by atoms with E-state index in [4.69, 9.17) is 9.98 Å². The van der Waals surface area contributed by atoms with Crippen molar-refractivity contribution in [2.75, 3.05) is 5.32 Å². The van der Waals surface area contributed by atoms with Gasteiger partial charge in [-0.25, -0.2) is 14.5 Å². The third kappa shape index (κ3) is 4.05. The van der Waals surface area contributed by atoms with Gasteiger partial charge in [0.1, 0.15) is 5.69 Å². The molecule has 1 aliphatic rings. The fourth-order valence-corrected chi connectivity index (χ4v) is 3.89. The number of nitrogens with one attached hydrogen (secondary N) is 3. The maximum Gasteiger partial charge on any atom is 0.326 e. The number of aromatic hydroxyl groups is 1. The molecule has 12 nitrogen and oxygen atoms in total. The van der Waals surface area contributed by atoms with Crippen molar-refractivity contribution in [2.24, 2.45) is 4.99 Å².